The van der Waals surface area contributed by atoms with Crippen molar-refractivity contribution in [1.82, 2.24) is 15.5 Å². The first-order chi connectivity index (χ1) is 9.54. The Kier molecular flexibility index (Phi) is 4.02. The fraction of sp³-hybridized carbons (Fsp3) is 0.286. The van der Waals surface area contributed by atoms with Gasteiger partial charge >= 0.3 is 0 Å². The molecule has 0 aliphatic rings. The van der Waals surface area contributed by atoms with Crippen LogP contribution in [-0.2, 0) is 6.42 Å². The number of aryl methyl sites for hydroxylation is 1. The predicted octanol–water partition coefficient (Wildman–Crippen LogP) is 2.18. The highest BCUT2D eigenvalue weighted by atomic mass is 19.1. The minimum absolute atomic E-state index is 0.144. The van der Waals surface area contributed by atoms with Crippen molar-refractivity contribution in [2.45, 2.75) is 26.3 Å². The summed E-state index contributed by atoms with van der Waals surface area (Å²) in [5, 5.41) is 9.31. The van der Waals surface area contributed by atoms with Gasteiger partial charge < -0.3 is 11.1 Å². The standard InChI is InChI=1S/C14H17FN4O/c1-3-11-12(16)13(19-18-11)14(20)17-8(2)9-6-4-5-7-10(9)15/h4-8H,3,16H2,1-2H3,(H,17,20)(H,18,19). The van der Waals surface area contributed by atoms with Crippen LogP contribution in [0.3, 0.4) is 0 Å². The smallest absolute Gasteiger partial charge is 0.274 e. The van der Waals surface area contributed by atoms with Crippen molar-refractivity contribution in [2.75, 3.05) is 5.73 Å². The van der Waals surface area contributed by atoms with Crippen LogP contribution in [0.4, 0.5) is 10.1 Å². The molecule has 1 unspecified atom stereocenters. The molecule has 0 spiro atoms. The van der Waals surface area contributed by atoms with Gasteiger partial charge in [-0.15, -0.1) is 0 Å². The van der Waals surface area contributed by atoms with Crippen LogP contribution in [0.25, 0.3) is 0 Å². The molecule has 0 bridgehead atoms. The molecular weight excluding hydrogens is 259 g/mol. The number of hydrogen-bond donors (Lipinski definition) is 3. The summed E-state index contributed by atoms with van der Waals surface area (Å²) in [6.45, 7) is 3.62. The molecule has 0 saturated carbocycles. The number of nitrogens with zero attached hydrogens (tertiary/aromatic N) is 1. The van der Waals surface area contributed by atoms with Crippen LogP contribution in [-0.4, -0.2) is 16.1 Å². The molecule has 6 heteroatoms. The minimum atomic E-state index is -0.468. The van der Waals surface area contributed by atoms with Crippen molar-refractivity contribution in [2.24, 2.45) is 0 Å². The number of nitrogen functional groups attached to an aromatic ring is 1. The molecule has 0 aliphatic heterocycles. The first kappa shape index (κ1) is 14.0. The Hall–Kier alpha value is -2.37. The van der Waals surface area contributed by atoms with E-state index in [2.05, 4.69) is 15.5 Å². The largest absolute Gasteiger partial charge is 0.395 e. The molecule has 1 aromatic carbocycles. The third-order valence-corrected chi connectivity index (χ3v) is 3.17. The summed E-state index contributed by atoms with van der Waals surface area (Å²) in [4.78, 5) is 12.1. The zero-order valence-corrected chi connectivity index (χ0v) is 11.4. The van der Waals surface area contributed by atoms with Gasteiger partial charge in [0.2, 0.25) is 0 Å². The van der Waals surface area contributed by atoms with E-state index in [1.54, 1.807) is 25.1 Å². The van der Waals surface area contributed by atoms with Crippen LogP contribution >= 0.6 is 0 Å². The Bertz CT molecular complexity index is 623. The lowest BCUT2D eigenvalue weighted by Crippen LogP contribution is -2.28. The molecule has 2 rings (SSSR count). The molecule has 106 valence electrons. The van der Waals surface area contributed by atoms with Crippen LogP contribution in [0.15, 0.2) is 24.3 Å². The number of carbonyl (C=O) groups is 1. The zero-order valence-electron chi connectivity index (χ0n) is 11.4. The van der Waals surface area contributed by atoms with Crippen molar-refractivity contribution >= 4 is 11.6 Å². The number of nitrogens with one attached hydrogen (secondary N) is 2. The number of aromatic nitrogens is 2. The van der Waals surface area contributed by atoms with Crippen LogP contribution in [0, 0.1) is 5.82 Å². The molecular formula is C14H17FN4O. The normalized spacial score (nSPS) is 12.2. The Labute approximate surface area is 116 Å². The molecule has 20 heavy (non-hydrogen) atoms. The summed E-state index contributed by atoms with van der Waals surface area (Å²) < 4.78 is 13.6. The number of halogens is 1. The fourth-order valence-electron chi connectivity index (χ4n) is 2.00. The fourth-order valence-corrected chi connectivity index (χ4v) is 2.00. The molecule has 0 radical (unpaired) electrons. The number of nitrogens with two attached hydrogens (primary N) is 1. The topological polar surface area (TPSA) is 83.8 Å². The number of amides is 1. The van der Waals surface area contributed by atoms with Crippen molar-refractivity contribution in [3.05, 3.63) is 47.0 Å². The average Bonchev–Trinajstić information content (AvgIpc) is 2.80. The molecule has 5 nitrogen and oxygen atoms in total. The van der Waals surface area contributed by atoms with Gasteiger partial charge in [0.15, 0.2) is 5.69 Å². The number of carbonyl (C=O) groups excluding carboxylic acids is 1. The van der Waals surface area contributed by atoms with Gasteiger partial charge in [-0.2, -0.15) is 5.10 Å². The highest BCUT2D eigenvalue weighted by Crippen LogP contribution is 2.19. The molecule has 1 aromatic heterocycles. The summed E-state index contributed by atoms with van der Waals surface area (Å²) in [5.41, 5.74) is 7.45. The van der Waals surface area contributed by atoms with Gasteiger partial charge in [-0.25, -0.2) is 4.39 Å². The predicted molar refractivity (Wildman–Crippen MR) is 74.7 cm³/mol. The van der Waals surface area contributed by atoms with Crippen molar-refractivity contribution in [3.8, 4) is 0 Å². The number of benzene rings is 1. The number of aromatic amines is 1. The van der Waals surface area contributed by atoms with Crippen LogP contribution in [0.2, 0.25) is 0 Å². The molecule has 0 saturated heterocycles. The van der Waals surface area contributed by atoms with Crippen molar-refractivity contribution < 1.29 is 9.18 Å². The second-order valence-corrected chi connectivity index (χ2v) is 4.53. The Balaban J connectivity index is 2.15. The lowest BCUT2D eigenvalue weighted by molar-refractivity contribution is 0.0935. The monoisotopic (exact) mass is 276 g/mol. The maximum Gasteiger partial charge on any atom is 0.274 e. The summed E-state index contributed by atoms with van der Waals surface area (Å²) in [6.07, 6.45) is 0.662. The summed E-state index contributed by atoms with van der Waals surface area (Å²) in [6, 6.07) is 5.85. The maximum absolute atomic E-state index is 13.6. The van der Waals surface area contributed by atoms with Crippen molar-refractivity contribution in [1.29, 1.82) is 0 Å². The van der Waals surface area contributed by atoms with Gasteiger partial charge in [-0.1, -0.05) is 25.1 Å². The molecule has 0 fully saturated rings. The minimum Gasteiger partial charge on any atom is -0.395 e. The first-order valence-electron chi connectivity index (χ1n) is 6.42. The van der Waals surface area contributed by atoms with Crippen LogP contribution in [0.1, 0.15) is 41.6 Å². The van der Waals surface area contributed by atoms with E-state index in [0.29, 0.717) is 23.4 Å². The van der Waals surface area contributed by atoms with Crippen LogP contribution < -0.4 is 11.1 Å². The Morgan fingerprint density at radius 1 is 1.50 bits per heavy atom. The lowest BCUT2D eigenvalue weighted by atomic mass is 10.1. The Morgan fingerprint density at radius 3 is 2.80 bits per heavy atom. The van der Waals surface area contributed by atoms with Crippen molar-refractivity contribution in [3.63, 3.8) is 0 Å². The number of hydrogen-bond acceptors (Lipinski definition) is 3. The summed E-state index contributed by atoms with van der Waals surface area (Å²) >= 11 is 0. The molecule has 1 heterocycles. The van der Waals surface area contributed by atoms with Gasteiger partial charge in [0.1, 0.15) is 5.82 Å². The molecule has 2 aromatic rings. The highest BCUT2D eigenvalue weighted by molar-refractivity contribution is 5.97. The van der Waals surface area contributed by atoms with E-state index in [4.69, 9.17) is 5.73 Å². The van der Waals surface area contributed by atoms with E-state index in [1.807, 2.05) is 6.92 Å². The lowest BCUT2D eigenvalue weighted by Gasteiger charge is -2.14. The number of H-pyrrole nitrogens is 1. The quantitative estimate of drug-likeness (QED) is 0.800. The van der Waals surface area contributed by atoms with Crippen LogP contribution in [0.5, 0.6) is 0 Å². The highest BCUT2D eigenvalue weighted by Gasteiger charge is 2.19. The van der Waals surface area contributed by atoms with Gasteiger partial charge in [0, 0.05) is 5.56 Å². The Morgan fingerprint density at radius 2 is 2.20 bits per heavy atom. The van der Waals surface area contributed by atoms with Gasteiger partial charge in [-0.3, -0.25) is 9.89 Å². The van der Waals surface area contributed by atoms with E-state index in [9.17, 15) is 9.18 Å². The molecule has 1 amide bonds. The summed E-state index contributed by atoms with van der Waals surface area (Å²) in [7, 11) is 0. The number of rotatable bonds is 4. The third kappa shape index (κ3) is 2.64. The summed E-state index contributed by atoms with van der Waals surface area (Å²) in [5.74, 6) is -0.779. The molecule has 4 N–H and O–H groups in total. The van der Waals surface area contributed by atoms with E-state index >= 15 is 0 Å². The van der Waals surface area contributed by atoms with E-state index in [1.165, 1.54) is 6.07 Å². The van der Waals surface area contributed by atoms with E-state index < -0.39 is 11.9 Å². The number of anilines is 1. The van der Waals surface area contributed by atoms with Gasteiger partial charge in [0.05, 0.1) is 17.4 Å². The SMILES string of the molecule is CCc1[nH]nc(C(=O)NC(C)c2ccccc2F)c1N. The third-order valence-electron chi connectivity index (χ3n) is 3.17. The van der Waals surface area contributed by atoms with Gasteiger partial charge in [0.25, 0.3) is 5.91 Å². The maximum atomic E-state index is 13.6. The average molecular weight is 276 g/mol. The molecule has 1 atom stereocenters. The first-order valence-corrected chi connectivity index (χ1v) is 6.42. The van der Waals surface area contributed by atoms with E-state index in [-0.39, 0.29) is 11.5 Å². The second kappa shape index (κ2) is 5.73. The van der Waals surface area contributed by atoms with E-state index in [0.717, 1.165) is 0 Å². The molecule has 0 aliphatic carbocycles. The second-order valence-electron chi connectivity index (χ2n) is 4.53. The zero-order chi connectivity index (χ0) is 14.7. The van der Waals surface area contributed by atoms with Gasteiger partial charge in [-0.05, 0) is 19.4 Å².